The molecule has 0 fully saturated rings. The van der Waals surface area contributed by atoms with Gasteiger partial charge in [-0.15, -0.1) is 10.2 Å². The summed E-state index contributed by atoms with van der Waals surface area (Å²) in [5.74, 6) is 0. The van der Waals surface area contributed by atoms with E-state index in [0.29, 0.717) is 10.7 Å². The summed E-state index contributed by atoms with van der Waals surface area (Å²) in [5, 5.41) is 21.9. The summed E-state index contributed by atoms with van der Waals surface area (Å²) in [7, 11) is 0. The zero-order chi connectivity index (χ0) is 13.7. The Kier molecular flexibility index (Phi) is 4.05. The lowest BCUT2D eigenvalue weighted by atomic mass is 10.1. The summed E-state index contributed by atoms with van der Waals surface area (Å²) in [4.78, 5) is 11.7. The van der Waals surface area contributed by atoms with Crippen LogP contribution in [0, 0.1) is 11.3 Å². The van der Waals surface area contributed by atoms with Crippen LogP contribution in [0.3, 0.4) is 0 Å². The van der Waals surface area contributed by atoms with Crippen molar-refractivity contribution in [3.05, 3.63) is 40.9 Å². The summed E-state index contributed by atoms with van der Waals surface area (Å²) in [6, 6.07) is 8.61. The third-order valence-electron chi connectivity index (χ3n) is 2.47. The van der Waals surface area contributed by atoms with E-state index in [-0.39, 0.29) is 12.1 Å². The van der Waals surface area contributed by atoms with Crippen molar-refractivity contribution >= 4 is 22.5 Å². The maximum absolute atomic E-state index is 11.7. The summed E-state index contributed by atoms with van der Waals surface area (Å²) >= 11 is 1.25. The second-order valence-corrected chi connectivity index (χ2v) is 4.63. The first kappa shape index (κ1) is 13.0. The first-order valence-electron chi connectivity index (χ1n) is 5.53. The molecule has 0 aliphatic carbocycles. The molecule has 2 amide bonds. The number of aromatic nitrogens is 2. The van der Waals surface area contributed by atoms with Crippen LogP contribution in [0.4, 0.5) is 9.93 Å². The molecule has 1 unspecified atom stereocenters. The fourth-order valence-corrected chi connectivity index (χ4v) is 1.93. The lowest BCUT2D eigenvalue weighted by Crippen LogP contribution is -2.31. The molecule has 1 heterocycles. The molecule has 0 aliphatic rings. The predicted molar refractivity (Wildman–Crippen MR) is 71.6 cm³/mol. The Morgan fingerprint density at radius 1 is 1.42 bits per heavy atom. The maximum Gasteiger partial charge on any atom is 0.321 e. The van der Waals surface area contributed by atoms with E-state index in [1.165, 1.54) is 11.3 Å². The van der Waals surface area contributed by atoms with Crippen LogP contribution in [0.2, 0.25) is 0 Å². The van der Waals surface area contributed by atoms with E-state index in [9.17, 15) is 4.79 Å². The van der Waals surface area contributed by atoms with Gasteiger partial charge in [-0.05, 0) is 24.6 Å². The van der Waals surface area contributed by atoms with E-state index < -0.39 is 0 Å². The van der Waals surface area contributed by atoms with Crippen molar-refractivity contribution in [2.45, 2.75) is 13.0 Å². The average Bonchev–Trinajstić information content (AvgIpc) is 2.91. The van der Waals surface area contributed by atoms with Gasteiger partial charge in [-0.3, -0.25) is 5.32 Å². The van der Waals surface area contributed by atoms with Gasteiger partial charge < -0.3 is 5.32 Å². The third kappa shape index (κ3) is 3.50. The molecule has 2 N–H and O–H groups in total. The van der Waals surface area contributed by atoms with Gasteiger partial charge in [0, 0.05) is 0 Å². The van der Waals surface area contributed by atoms with Gasteiger partial charge in [-0.2, -0.15) is 5.26 Å². The molecule has 0 aliphatic heterocycles. The van der Waals surface area contributed by atoms with Crippen LogP contribution in [0.25, 0.3) is 0 Å². The lowest BCUT2D eigenvalue weighted by molar-refractivity contribution is 0.249. The summed E-state index contributed by atoms with van der Waals surface area (Å²) in [6.45, 7) is 1.86. The van der Waals surface area contributed by atoms with E-state index in [1.54, 1.807) is 17.6 Å². The Morgan fingerprint density at radius 2 is 2.16 bits per heavy atom. The SMILES string of the molecule is CC(NC(=O)Nc1nncs1)c1ccc(C#N)cc1. The zero-order valence-corrected chi connectivity index (χ0v) is 10.9. The fourth-order valence-electron chi connectivity index (χ4n) is 1.49. The van der Waals surface area contributed by atoms with E-state index in [4.69, 9.17) is 5.26 Å². The first-order valence-corrected chi connectivity index (χ1v) is 6.41. The third-order valence-corrected chi connectivity index (χ3v) is 3.07. The van der Waals surface area contributed by atoms with Gasteiger partial charge in [0.1, 0.15) is 5.51 Å². The normalized spacial score (nSPS) is 11.4. The number of urea groups is 1. The molecule has 6 nitrogen and oxygen atoms in total. The van der Waals surface area contributed by atoms with Crippen molar-refractivity contribution in [3.63, 3.8) is 0 Å². The Bertz CT molecular complexity index is 588. The Labute approximate surface area is 114 Å². The monoisotopic (exact) mass is 273 g/mol. The number of rotatable bonds is 3. The smallest absolute Gasteiger partial charge is 0.321 e. The minimum atomic E-state index is -0.339. The highest BCUT2D eigenvalue weighted by molar-refractivity contribution is 7.13. The first-order chi connectivity index (χ1) is 9.19. The van der Waals surface area contributed by atoms with Crippen LogP contribution >= 0.6 is 11.3 Å². The second kappa shape index (κ2) is 5.93. The van der Waals surface area contributed by atoms with Crippen molar-refractivity contribution in [2.75, 3.05) is 5.32 Å². The van der Waals surface area contributed by atoms with Crippen molar-refractivity contribution in [2.24, 2.45) is 0 Å². The molecule has 2 rings (SSSR count). The molecule has 96 valence electrons. The number of nitrogens with one attached hydrogen (secondary N) is 2. The van der Waals surface area contributed by atoms with Crippen molar-refractivity contribution in [1.82, 2.24) is 15.5 Å². The van der Waals surface area contributed by atoms with Crippen LogP contribution in [-0.4, -0.2) is 16.2 Å². The topological polar surface area (TPSA) is 90.7 Å². The van der Waals surface area contributed by atoms with E-state index >= 15 is 0 Å². The molecule has 1 atom stereocenters. The van der Waals surface area contributed by atoms with Gasteiger partial charge in [-0.25, -0.2) is 4.79 Å². The molecular weight excluding hydrogens is 262 g/mol. The summed E-state index contributed by atoms with van der Waals surface area (Å²) < 4.78 is 0. The molecule has 0 spiro atoms. The molecule has 0 saturated carbocycles. The molecule has 1 aromatic carbocycles. The standard InChI is InChI=1S/C12H11N5OS/c1-8(10-4-2-9(6-13)3-5-10)15-11(18)16-12-17-14-7-19-12/h2-5,7-8H,1H3,(H2,15,16,17,18). The Balaban J connectivity index is 1.94. The highest BCUT2D eigenvalue weighted by atomic mass is 32.1. The molecular formula is C12H11N5OS. The van der Waals surface area contributed by atoms with Gasteiger partial charge in [-0.1, -0.05) is 23.5 Å². The highest BCUT2D eigenvalue weighted by Gasteiger charge is 2.10. The minimum absolute atomic E-state index is 0.166. The van der Waals surface area contributed by atoms with Crippen molar-refractivity contribution in [1.29, 1.82) is 5.26 Å². The average molecular weight is 273 g/mol. The van der Waals surface area contributed by atoms with Crippen LogP contribution in [-0.2, 0) is 0 Å². The highest BCUT2D eigenvalue weighted by Crippen LogP contribution is 2.14. The van der Waals surface area contributed by atoms with E-state index in [0.717, 1.165) is 5.56 Å². The number of hydrogen-bond acceptors (Lipinski definition) is 5. The van der Waals surface area contributed by atoms with Crippen molar-refractivity contribution in [3.8, 4) is 6.07 Å². The Morgan fingerprint density at radius 3 is 2.74 bits per heavy atom. The second-order valence-electron chi connectivity index (χ2n) is 3.80. The van der Waals surface area contributed by atoms with Gasteiger partial charge in [0.25, 0.3) is 0 Å². The molecule has 0 radical (unpaired) electrons. The molecule has 1 aromatic heterocycles. The van der Waals surface area contributed by atoms with Crippen LogP contribution in [0.15, 0.2) is 29.8 Å². The minimum Gasteiger partial charge on any atom is -0.331 e. The molecule has 0 saturated heterocycles. The van der Waals surface area contributed by atoms with Crippen LogP contribution in [0.5, 0.6) is 0 Å². The van der Waals surface area contributed by atoms with E-state index in [1.807, 2.05) is 19.1 Å². The molecule has 19 heavy (non-hydrogen) atoms. The number of amides is 2. The number of anilines is 1. The van der Waals surface area contributed by atoms with Gasteiger partial charge in [0.2, 0.25) is 5.13 Å². The Hall–Kier alpha value is -2.46. The number of benzene rings is 1. The number of carbonyl (C=O) groups excluding carboxylic acids is 1. The van der Waals surface area contributed by atoms with Crippen molar-refractivity contribution < 1.29 is 4.79 Å². The zero-order valence-electron chi connectivity index (χ0n) is 10.1. The number of carbonyl (C=O) groups is 1. The maximum atomic E-state index is 11.7. The largest absolute Gasteiger partial charge is 0.331 e. The quantitative estimate of drug-likeness (QED) is 0.897. The van der Waals surface area contributed by atoms with Crippen LogP contribution < -0.4 is 10.6 Å². The lowest BCUT2D eigenvalue weighted by Gasteiger charge is -2.14. The van der Waals surface area contributed by atoms with Gasteiger partial charge >= 0.3 is 6.03 Å². The molecule has 7 heteroatoms. The van der Waals surface area contributed by atoms with Crippen LogP contribution in [0.1, 0.15) is 24.1 Å². The number of hydrogen-bond donors (Lipinski definition) is 2. The number of nitrogens with zero attached hydrogens (tertiary/aromatic N) is 3. The molecule has 0 bridgehead atoms. The predicted octanol–water partition coefficient (Wildman–Crippen LogP) is 2.29. The summed E-state index contributed by atoms with van der Waals surface area (Å²) in [5.41, 5.74) is 3.06. The molecule has 2 aromatic rings. The van der Waals surface area contributed by atoms with E-state index in [2.05, 4.69) is 26.9 Å². The van der Waals surface area contributed by atoms with Gasteiger partial charge in [0.15, 0.2) is 0 Å². The number of nitriles is 1. The fraction of sp³-hybridized carbons (Fsp3) is 0.167. The van der Waals surface area contributed by atoms with Gasteiger partial charge in [0.05, 0.1) is 17.7 Å². The summed E-state index contributed by atoms with van der Waals surface area (Å²) in [6.07, 6.45) is 0.